The third-order valence-corrected chi connectivity index (χ3v) is 5.38. The summed E-state index contributed by atoms with van der Waals surface area (Å²) in [5.74, 6) is 1.21. The Morgan fingerprint density at radius 1 is 1.29 bits per heavy atom. The first-order chi connectivity index (χ1) is 14.8. The lowest BCUT2D eigenvalue weighted by molar-refractivity contribution is -0.128. The average Bonchev–Trinajstić information content (AvgIpc) is 3.42. The van der Waals surface area contributed by atoms with Crippen molar-refractivity contribution in [2.24, 2.45) is 7.05 Å². The fourth-order valence-electron chi connectivity index (χ4n) is 3.79. The molecule has 1 atom stereocenters. The number of urea groups is 1. The van der Waals surface area contributed by atoms with Crippen LogP contribution in [0.3, 0.4) is 0 Å². The molecule has 0 aliphatic carbocycles. The lowest BCUT2D eigenvalue weighted by Gasteiger charge is -2.11. The summed E-state index contributed by atoms with van der Waals surface area (Å²) in [7, 11) is 1.98. The standard InChI is InChI=1S/C22H25N5O4/c1-13(2)20-24-17-11-14(6-8-18(17)26(20)3)23-19(28)9-7-16-21(29)27(22(30)25-16)12-15-5-4-10-31-15/h4-6,8,10-11,13,16H,7,9,12H2,1-3H3,(H,23,28)(H,25,30)/t16-/m1/s1. The number of amides is 4. The van der Waals surface area contributed by atoms with Crippen molar-refractivity contribution in [3.63, 3.8) is 0 Å². The molecule has 0 unspecified atom stereocenters. The Morgan fingerprint density at radius 3 is 2.81 bits per heavy atom. The van der Waals surface area contributed by atoms with Gasteiger partial charge in [-0.05, 0) is 36.8 Å². The van der Waals surface area contributed by atoms with Crippen LogP contribution in [0.5, 0.6) is 0 Å². The van der Waals surface area contributed by atoms with Crippen LogP contribution in [0.25, 0.3) is 11.0 Å². The topological polar surface area (TPSA) is 109 Å². The fraction of sp³-hybridized carbons (Fsp3) is 0.364. The molecule has 3 aromatic rings. The second-order valence-corrected chi connectivity index (χ2v) is 7.98. The first kappa shape index (κ1) is 20.6. The van der Waals surface area contributed by atoms with Gasteiger partial charge in [-0.15, -0.1) is 0 Å². The van der Waals surface area contributed by atoms with Crippen molar-refractivity contribution in [1.29, 1.82) is 0 Å². The van der Waals surface area contributed by atoms with Gasteiger partial charge in [0.05, 0.1) is 23.8 Å². The molecule has 0 radical (unpaired) electrons. The minimum Gasteiger partial charge on any atom is -0.467 e. The van der Waals surface area contributed by atoms with Crippen LogP contribution in [-0.2, 0) is 23.2 Å². The molecule has 4 amide bonds. The van der Waals surface area contributed by atoms with Crippen molar-refractivity contribution in [3.8, 4) is 0 Å². The monoisotopic (exact) mass is 423 g/mol. The van der Waals surface area contributed by atoms with E-state index in [1.165, 1.54) is 6.26 Å². The van der Waals surface area contributed by atoms with E-state index in [9.17, 15) is 14.4 Å². The highest BCUT2D eigenvalue weighted by atomic mass is 16.3. The Balaban J connectivity index is 1.35. The van der Waals surface area contributed by atoms with E-state index in [0.717, 1.165) is 21.8 Å². The largest absolute Gasteiger partial charge is 0.467 e. The van der Waals surface area contributed by atoms with Crippen LogP contribution >= 0.6 is 0 Å². The third-order valence-electron chi connectivity index (χ3n) is 5.38. The van der Waals surface area contributed by atoms with E-state index < -0.39 is 12.1 Å². The van der Waals surface area contributed by atoms with Crippen LogP contribution < -0.4 is 10.6 Å². The number of carbonyl (C=O) groups excluding carboxylic acids is 3. The zero-order valence-electron chi connectivity index (χ0n) is 17.7. The summed E-state index contributed by atoms with van der Waals surface area (Å²) in [6.45, 7) is 4.24. The molecule has 9 nitrogen and oxygen atoms in total. The summed E-state index contributed by atoms with van der Waals surface area (Å²) in [6, 6.07) is 7.79. The number of fused-ring (bicyclic) bond motifs is 1. The second-order valence-electron chi connectivity index (χ2n) is 7.98. The smallest absolute Gasteiger partial charge is 0.325 e. The number of anilines is 1. The van der Waals surface area contributed by atoms with Crippen molar-refractivity contribution in [1.82, 2.24) is 19.8 Å². The second kappa shape index (κ2) is 8.25. The van der Waals surface area contributed by atoms with E-state index in [1.807, 2.05) is 25.2 Å². The summed E-state index contributed by atoms with van der Waals surface area (Å²) >= 11 is 0. The summed E-state index contributed by atoms with van der Waals surface area (Å²) in [4.78, 5) is 42.8. The maximum absolute atomic E-state index is 12.5. The molecule has 1 fully saturated rings. The molecule has 0 spiro atoms. The minimum atomic E-state index is -0.722. The van der Waals surface area contributed by atoms with Crippen LogP contribution in [0.15, 0.2) is 41.0 Å². The SMILES string of the molecule is CC(C)c1nc2cc(NC(=O)CC[C@H]3NC(=O)N(Cc4ccco4)C3=O)ccc2n1C. The molecule has 2 N–H and O–H groups in total. The molecule has 1 aliphatic heterocycles. The Labute approximate surface area is 179 Å². The molecule has 2 aromatic heterocycles. The summed E-state index contributed by atoms with van der Waals surface area (Å²) in [5, 5.41) is 5.48. The van der Waals surface area contributed by atoms with Gasteiger partial charge in [0.25, 0.3) is 5.91 Å². The molecule has 162 valence electrons. The number of furan rings is 1. The Kier molecular flexibility index (Phi) is 5.50. The highest BCUT2D eigenvalue weighted by Gasteiger charge is 2.38. The van der Waals surface area contributed by atoms with E-state index in [-0.39, 0.29) is 31.2 Å². The number of carbonyl (C=O) groups is 3. The molecule has 0 saturated carbocycles. The zero-order chi connectivity index (χ0) is 22.1. The number of rotatable bonds is 7. The van der Waals surface area contributed by atoms with Crippen LogP contribution in [0, 0.1) is 0 Å². The van der Waals surface area contributed by atoms with E-state index in [4.69, 9.17) is 4.42 Å². The molecular formula is C22H25N5O4. The van der Waals surface area contributed by atoms with E-state index >= 15 is 0 Å². The Bertz CT molecular complexity index is 1130. The molecular weight excluding hydrogens is 398 g/mol. The van der Waals surface area contributed by atoms with Crippen LogP contribution in [0.2, 0.25) is 0 Å². The third kappa shape index (κ3) is 4.16. The van der Waals surface area contributed by atoms with E-state index in [0.29, 0.717) is 17.4 Å². The van der Waals surface area contributed by atoms with Crippen molar-refractivity contribution in [3.05, 3.63) is 48.2 Å². The van der Waals surface area contributed by atoms with Gasteiger partial charge in [0, 0.05) is 25.1 Å². The van der Waals surface area contributed by atoms with Gasteiger partial charge < -0.3 is 19.6 Å². The lowest BCUT2D eigenvalue weighted by Crippen LogP contribution is -2.31. The van der Waals surface area contributed by atoms with Gasteiger partial charge >= 0.3 is 6.03 Å². The van der Waals surface area contributed by atoms with Gasteiger partial charge in [0.1, 0.15) is 17.6 Å². The molecule has 1 saturated heterocycles. The minimum absolute atomic E-state index is 0.0722. The lowest BCUT2D eigenvalue weighted by atomic mass is 10.1. The average molecular weight is 423 g/mol. The van der Waals surface area contributed by atoms with Crippen LogP contribution in [0.1, 0.15) is 44.2 Å². The van der Waals surface area contributed by atoms with Crippen LogP contribution in [-0.4, -0.2) is 38.3 Å². The van der Waals surface area contributed by atoms with Crippen molar-refractivity contribution in [2.75, 3.05) is 5.32 Å². The number of imide groups is 1. The van der Waals surface area contributed by atoms with Gasteiger partial charge in [0.15, 0.2) is 0 Å². The fourth-order valence-corrected chi connectivity index (χ4v) is 3.79. The number of imidazole rings is 1. The number of hydrogen-bond donors (Lipinski definition) is 2. The van der Waals surface area contributed by atoms with Crippen molar-refractivity contribution < 1.29 is 18.8 Å². The van der Waals surface area contributed by atoms with Crippen molar-refractivity contribution >= 4 is 34.6 Å². The molecule has 1 aliphatic rings. The number of aryl methyl sites for hydroxylation is 1. The summed E-state index contributed by atoms with van der Waals surface area (Å²) in [6.07, 6.45) is 1.80. The molecule has 1 aromatic carbocycles. The molecule has 3 heterocycles. The molecule has 31 heavy (non-hydrogen) atoms. The summed E-state index contributed by atoms with van der Waals surface area (Å²) in [5.41, 5.74) is 2.46. The highest BCUT2D eigenvalue weighted by molar-refractivity contribution is 6.04. The normalized spacial score (nSPS) is 16.4. The van der Waals surface area contributed by atoms with Gasteiger partial charge in [-0.3, -0.25) is 14.5 Å². The maximum atomic E-state index is 12.5. The quantitative estimate of drug-likeness (QED) is 0.568. The number of benzene rings is 1. The molecule has 4 rings (SSSR count). The van der Waals surface area contributed by atoms with Gasteiger partial charge in [-0.2, -0.15) is 0 Å². The summed E-state index contributed by atoms with van der Waals surface area (Å²) < 4.78 is 7.25. The van der Waals surface area contributed by atoms with Gasteiger partial charge in [-0.25, -0.2) is 9.78 Å². The van der Waals surface area contributed by atoms with E-state index in [2.05, 4.69) is 34.0 Å². The number of hydrogen-bond acceptors (Lipinski definition) is 5. The first-order valence-electron chi connectivity index (χ1n) is 10.2. The highest BCUT2D eigenvalue weighted by Crippen LogP contribution is 2.23. The van der Waals surface area contributed by atoms with E-state index in [1.54, 1.807) is 12.1 Å². The Morgan fingerprint density at radius 2 is 2.10 bits per heavy atom. The molecule has 0 bridgehead atoms. The predicted molar refractivity (Wildman–Crippen MR) is 114 cm³/mol. The van der Waals surface area contributed by atoms with Gasteiger partial charge in [0.2, 0.25) is 5.91 Å². The van der Waals surface area contributed by atoms with Crippen LogP contribution in [0.4, 0.5) is 10.5 Å². The molecule has 9 heteroatoms. The predicted octanol–water partition coefficient (Wildman–Crippen LogP) is 3.13. The van der Waals surface area contributed by atoms with Crippen molar-refractivity contribution in [2.45, 2.75) is 45.2 Å². The maximum Gasteiger partial charge on any atom is 0.325 e. The number of nitrogens with zero attached hydrogens (tertiary/aromatic N) is 3. The zero-order valence-corrected chi connectivity index (χ0v) is 17.7. The Hall–Kier alpha value is -3.62. The first-order valence-corrected chi connectivity index (χ1v) is 10.2. The number of aromatic nitrogens is 2. The van der Waals surface area contributed by atoms with Gasteiger partial charge in [-0.1, -0.05) is 13.8 Å². The number of nitrogens with one attached hydrogen (secondary N) is 2.